The number of hydrogen-bond acceptors (Lipinski definition) is 5. The molecule has 1 unspecified atom stereocenters. The summed E-state index contributed by atoms with van der Waals surface area (Å²) < 4.78 is 20.5. The Hall–Kier alpha value is -3.29. The molecule has 3 rings (SSSR count). The Morgan fingerprint density at radius 1 is 1.28 bits per heavy atom. The fourth-order valence-corrected chi connectivity index (χ4v) is 2.11. The van der Waals surface area contributed by atoms with E-state index in [0.29, 0.717) is 5.69 Å². The van der Waals surface area contributed by atoms with Gasteiger partial charge in [0.15, 0.2) is 17.7 Å². The number of ether oxygens (including phenoxy) is 1. The molecule has 8 heteroatoms. The van der Waals surface area contributed by atoms with Gasteiger partial charge in [0.05, 0.1) is 18.4 Å². The number of pyridine rings is 1. The Kier molecular flexibility index (Phi) is 4.98. The molecule has 3 aromatic rings. The van der Waals surface area contributed by atoms with Crippen LogP contribution in [0.3, 0.4) is 0 Å². The first-order valence-electron chi connectivity index (χ1n) is 7.64. The molecule has 0 aliphatic rings. The summed E-state index contributed by atoms with van der Waals surface area (Å²) in [5.41, 5.74) is 1.40. The normalized spacial score (nSPS) is 11.8. The molecule has 1 atom stereocenters. The van der Waals surface area contributed by atoms with Crippen LogP contribution in [-0.4, -0.2) is 32.0 Å². The lowest BCUT2D eigenvalue weighted by molar-refractivity contribution is -0.127. The molecular weight excluding hydrogens is 325 g/mol. The number of aromatic nitrogens is 4. The van der Waals surface area contributed by atoms with Gasteiger partial charge in [-0.15, -0.1) is 5.10 Å². The molecule has 1 aromatic carbocycles. The molecule has 2 heterocycles. The highest BCUT2D eigenvalue weighted by Crippen LogP contribution is 2.17. The van der Waals surface area contributed by atoms with Gasteiger partial charge < -0.3 is 10.1 Å². The number of hydrogen-bond donors (Lipinski definition) is 1. The fourth-order valence-electron chi connectivity index (χ4n) is 2.11. The summed E-state index contributed by atoms with van der Waals surface area (Å²) in [5.74, 6) is -0.849. The Labute approximate surface area is 143 Å². The molecule has 7 nitrogen and oxygen atoms in total. The lowest BCUT2D eigenvalue weighted by atomic mass is 10.3. The summed E-state index contributed by atoms with van der Waals surface area (Å²) >= 11 is 0. The van der Waals surface area contributed by atoms with Gasteiger partial charge in [0.25, 0.3) is 5.91 Å². The highest BCUT2D eigenvalue weighted by molar-refractivity contribution is 5.80. The lowest BCUT2D eigenvalue weighted by Gasteiger charge is -2.14. The molecule has 1 N–H and O–H groups in total. The molecule has 25 heavy (non-hydrogen) atoms. The number of nitrogens with zero attached hydrogens (tertiary/aromatic N) is 4. The highest BCUT2D eigenvalue weighted by atomic mass is 19.1. The van der Waals surface area contributed by atoms with E-state index in [9.17, 15) is 9.18 Å². The third-order valence-electron chi connectivity index (χ3n) is 3.42. The summed E-state index contributed by atoms with van der Waals surface area (Å²) in [4.78, 5) is 16.0. The fraction of sp³-hybridized carbons (Fsp3) is 0.176. The minimum Gasteiger partial charge on any atom is -0.478 e. The van der Waals surface area contributed by atoms with Crippen LogP contribution in [0.15, 0.2) is 55.0 Å². The Morgan fingerprint density at radius 2 is 2.04 bits per heavy atom. The van der Waals surface area contributed by atoms with E-state index in [2.05, 4.69) is 20.6 Å². The first-order chi connectivity index (χ1) is 12.1. The van der Waals surface area contributed by atoms with Crippen LogP contribution in [0.2, 0.25) is 0 Å². The molecule has 2 aromatic heterocycles. The number of para-hydroxylation sites is 1. The third kappa shape index (κ3) is 4.17. The van der Waals surface area contributed by atoms with Gasteiger partial charge >= 0.3 is 0 Å². The molecule has 0 saturated carbocycles. The number of carbonyl (C=O) groups is 1. The molecular formula is C17H16FN5O2. The van der Waals surface area contributed by atoms with Crippen molar-refractivity contribution >= 4 is 5.91 Å². The predicted molar refractivity (Wildman–Crippen MR) is 87.5 cm³/mol. The largest absolute Gasteiger partial charge is 0.478 e. The Morgan fingerprint density at radius 3 is 2.80 bits per heavy atom. The van der Waals surface area contributed by atoms with Gasteiger partial charge in [-0.1, -0.05) is 17.3 Å². The quantitative estimate of drug-likeness (QED) is 0.740. The van der Waals surface area contributed by atoms with Crippen LogP contribution in [0.1, 0.15) is 12.6 Å². The highest BCUT2D eigenvalue weighted by Gasteiger charge is 2.16. The minimum absolute atomic E-state index is 0.0359. The van der Waals surface area contributed by atoms with Crippen LogP contribution in [0.5, 0.6) is 5.75 Å². The van der Waals surface area contributed by atoms with E-state index in [4.69, 9.17) is 4.74 Å². The second-order valence-corrected chi connectivity index (χ2v) is 5.27. The van der Waals surface area contributed by atoms with Gasteiger partial charge in [-0.05, 0) is 31.2 Å². The Balaban J connectivity index is 1.55. The van der Waals surface area contributed by atoms with Crippen molar-refractivity contribution in [3.63, 3.8) is 0 Å². The molecule has 128 valence electrons. The maximum Gasteiger partial charge on any atom is 0.261 e. The molecule has 0 fully saturated rings. The maximum absolute atomic E-state index is 13.5. The Bertz CT molecular complexity index is 853. The smallest absolute Gasteiger partial charge is 0.261 e. The van der Waals surface area contributed by atoms with E-state index in [1.807, 2.05) is 0 Å². The van der Waals surface area contributed by atoms with Crippen molar-refractivity contribution in [2.45, 2.75) is 19.6 Å². The van der Waals surface area contributed by atoms with Crippen molar-refractivity contribution in [3.05, 3.63) is 66.5 Å². The molecule has 0 spiro atoms. The number of halogens is 1. The minimum atomic E-state index is -0.841. The average molecular weight is 341 g/mol. The number of carbonyl (C=O) groups excluding carboxylic acids is 1. The number of amides is 1. The van der Waals surface area contributed by atoms with Crippen LogP contribution >= 0.6 is 0 Å². The van der Waals surface area contributed by atoms with E-state index in [1.54, 1.807) is 54.5 Å². The van der Waals surface area contributed by atoms with Crippen LogP contribution < -0.4 is 10.1 Å². The standard InChI is InChI=1S/C17H16FN5O2/c1-12(25-16-5-3-2-4-15(16)18)17(24)20-10-13-11-23(22-21-13)14-6-8-19-9-7-14/h2-9,11-12H,10H2,1H3,(H,20,24). The molecule has 0 radical (unpaired) electrons. The molecule has 0 saturated heterocycles. The third-order valence-corrected chi connectivity index (χ3v) is 3.42. The van der Waals surface area contributed by atoms with Crippen molar-refractivity contribution in [3.8, 4) is 11.4 Å². The van der Waals surface area contributed by atoms with Gasteiger partial charge in [0, 0.05) is 12.4 Å². The molecule has 0 bridgehead atoms. The van der Waals surface area contributed by atoms with Gasteiger partial charge in [0.1, 0.15) is 5.69 Å². The van der Waals surface area contributed by atoms with Gasteiger partial charge in [0.2, 0.25) is 0 Å². The lowest BCUT2D eigenvalue weighted by Crippen LogP contribution is -2.36. The first kappa shape index (κ1) is 16.6. The van der Waals surface area contributed by atoms with Crippen molar-refractivity contribution in [1.82, 2.24) is 25.3 Å². The molecule has 1 amide bonds. The first-order valence-corrected chi connectivity index (χ1v) is 7.64. The van der Waals surface area contributed by atoms with Crippen LogP contribution in [0, 0.1) is 5.82 Å². The van der Waals surface area contributed by atoms with Crippen molar-refractivity contribution < 1.29 is 13.9 Å². The van der Waals surface area contributed by atoms with Gasteiger partial charge in [-0.2, -0.15) is 0 Å². The van der Waals surface area contributed by atoms with E-state index < -0.39 is 11.9 Å². The van der Waals surface area contributed by atoms with Crippen LogP contribution in [-0.2, 0) is 11.3 Å². The number of nitrogens with one attached hydrogen (secondary N) is 1. The van der Waals surface area contributed by atoms with Crippen molar-refractivity contribution in [2.75, 3.05) is 0 Å². The topological polar surface area (TPSA) is 81.9 Å². The maximum atomic E-state index is 13.5. The summed E-state index contributed by atoms with van der Waals surface area (Å²) in [6.45, 7) is 1.74. The summed E-state index contributed by atoms with van der Waals surface area (Å²) in [6.07, 6.45) is 4.17. The zero-order valence-corrected chi connectivity index (χ0v) is 13.5. The van der Waals surface area contributed by atoms with Crippen LogP contribution in [0.4, 0.5) is 4.39 Å². The zero-order chi connectivity index (χ0) is 17.6. The molecule has 0 aliphatic heterocycles. The van der Waals surface area contributed by atoms with Gasteiger partial charge in [-0.3, -0.25) is 9.78 Å². The summed E-state index contributed by atoms with van der Waals surface area (Å²) in [7, 11) is 0. The van der Waals surface area contributed by atoms with Gasteiger partial charge in [-0.25, -0.2) is 9.07 Å². The van der Waals surface area contributed by atoms with E-state index in [-0.39, 0.29) is 18.2 Å². The van der Waals surface area contributed by atoms with Crippen molar-refractivity contribution in [1.29, 1.82) is 0 Å². The number of benzene rings is 1. The number of rotatable bonds is 6. The summed E-state index contributed by atoms with van der Waals surface area (Å²) in [6, 6.07) is 9.53. The summed E-state index contributed by atoms with van der Waals surface area (Å²) in [5, 5.41) is 10.7. The predicted octanol–water partition coefficient (Wildman–Crippen LogP) is 1.89. The van der Waals surface area contributed by atoms with E-state index in [1.165, 1.54) is 12.1 Å². The zero-order valence-electron chi connectivity index (χ0n) is 13.5. The van der Waals surface area contributed by atoms with Crippen LogP contribution in [0.25, 0.3) is 5.69 Å². The second kappa shape index (κ2) is 7.52. The van der Waals surface area contributed by atoms with E-state index >= 15 is 0 Å². The second-order valence-electron chi connectivity index (χ2n) is 5.27. The molecule has 0 aliphatic carbocycles. The monoisotopic (exact) mass is 341 g/mol. The van der Waals surface area contributed by atoms with E-state index in [0.717, 1.165) is 5.69 Å². The average Bonchev–Trinajstić information content (AvgIpc) is 3.11. The SMILES string of the molecule is CC(Oc1ccccc1F)C(=O)NCc1cn(-c2ccncc2)nn1. The van der Waals surface area contributed by atoms with Crippen molar-refractivity contribution in [2.24, 2.45) is 0 Å².